The van der Waals surface area contributed by atoms with Gasteiger partial charge in [0, 0.05) is 19.1 Å². The number of carbonyl (C=O) groups excluding carboxylic acids is 1. The van der Waals surface area contributed by atoms with E-state index in [0.717, 1.165) is 34.8 Å². The predicted molar refractivity (Wildman–Crippen MR) is 123 cm³/mol. The summed E-state index contributed by atoms with van der Waals surface area (Å²) < 4.78 is 1.85. The molecular weight excluding hydrogens is 388 g/mol. The number of rotatable bonds is 3. The number of aromatic nitrogens is 2. The van der Waals surface area contributed by atoms with Crippen LogP contribution in [-0.2, 0) is 0 Å². The molecule has 5 rings (SSSR count). The fourth-order valence-corrected chi connectivity index (χ4v) is 4.75. The van der Waals surface area contributed by atoms with Crippen molar-refractivity contribution in [2.24, 2.45) is 0 Å². The molecule has 1 aromatic heterocycles. The normalized spacial score (nSPS) is 16.0. The summed E-state index contributed by atoms with van der Waals surface area (Å²) in [5.41, 5.74) is 2.83. The smallest absolute Gasteiger partial charge is 0.326 e. The summed E-state index contributed by atoms with van der Waals surface area (Å²) in [6.07, 6.45) is 1.52. The van der Waals surface area contributed by atoms with Crippen LogP contribution in [-0.4, -0.2) is 33.6 Å². The van der Waals surface area contributed by atoms with Crippen molar-refractivity contribution in [3.63, 3.8) is 0 Å². The summed E-state index contributed by atoms with van der Waals surface area (Å²) in [4.78, 5) is 30.2. The number of fused-ring (bicyclic) bond motifs is 2. The Labute approximate surface area is 180 Å². The highest BCUT2D eigenvalue weighted by Gasteiger charge is 2.27. The van der Waals surface area contributed by atoms with Crippen molar-refractivity contribution in [3.05, 3.63) is 82.8 Å². The molecule has 1 unspecified atom stereocenters. The molecule has 0 radical (unpaired) electrons. The minimum atomic E-state index is -0.0902. The zero-order valence-corrected chi connectivity index (χ0v) is 17.5. The van der Waals surface area contributed by atoms with Crippen molar-refractivity contribution in [1.82, 2.24) is 19.8 Å². The molecule has 2 N–H and O–H groups in total. The van der Waals surface area contributed by atoms with Crippen LogP contribution in [0.2, 0.25) is 0 Å². The molecule has 6 nitrogen and oxygen atoms in total. The minimum absolute atomic E-state index is 0.0508. The molecule has 1 fully saturated rings. The summed E-state index contributed by atoms with van der Waals surface area (Å²) >= 11 is 0. The van der Waals surface area contributed by atoms with Gasteiger partial charge in [-0.25, -0.2) is 9.59 Å². The number of likely N-dealkylation sites (tertiary alicyclic amines) is 1. The first kappa shape index (κ1) is 19.4. The maximum absolute atomic E-state index is 12.9. The van der Waals surface area contributed by atoms with Gasteiger partial charge in [0.25, 0.3) is 0 Å². The van der Waals surface area contributed by atoms with Gasteiger partial charge < -0.3 is 15.2 Å². The Morgan fingerprint density at radius 2 is 1.71 bits per heavy atom. The SMILES string of the molecule is CC(NC(=O)N1CCC(n2c(=O)[nH]c3ccccc32)CC1)c1cccc2ccccc12. The lowest BCUT2D eigenvalue weighted by atomic mass is 10.00. The molecule has 158 valence electrons. The third-order valence-corrected chi connectivity index (χ3v) is 6.37. The van der Waals surface area contributed by atoms with Crippen LogP contribution < -0.4 is 11.0 Å². The predicted octanol–water partition coefficient (Wildman–Crippen LogP) is 4.59. The molecule has 3 aromatic carbocycles. The van der Waals surface area contributed by atoms with Crippen molar-refractivity contribution in [3.8, 4) is 0 Å². The number of hydrogen-bond acceptors (Lipinski definition) is 2. The first-order valence-corrected chi connectivity index (χ1v) is 10.8. The summed E-state index contributed by atoms with van der Waals surface area (Å²) in [7, 11) is 0. The second-order valence-electron chi connectivity index (χ2n) is 8.28. The number of H-pyrrole nitrogens is 1. The molecule has 1 saturated heterocycles. The highest BCUT2D eigenvalue weighted by atomic mass is 16.2. The number of nitrogens with zero attached hydrogens (tertiary/aromatic N) is 2. The van der Waals surface area contributed by atoms with E-state index in [0.29, 0.717) is 13.1 Å². The number of aromatic amines is 1. The molecule has 0 aliphatic carbocycles. The minimum Gasteiger partial charge on any atom is -0.331 e. The third-order valence-electron chi connectivity index (χ3n) is 6.37. The second kappa shape index (κ2) is 7.95. The molecule has 4 aromatic rings. The van der Waals surface area contributed by atoms with E-state index in [1.54, 1.807) is 0 Å². The Kier molecular flexibility index (Phi) is 4.98. The van der Waals surface area contributed by atoms with Gasteiger partial charge in [0.15, 0.2) is 0 Å². The van der Waals surface area contributed by atoms with E-state index in [2.05, 4.69) is 34.6 Å². The number of amides is 2. The van der Waals surface area contributed by atoms with Crippen molar-refractivity contribution < 1.29 is 4.79 Å². The number of urea groups is 1. The average molecular weight is 415 g/mol. The molecule has 0 saturated carbocycles. The number of imidazole rings is 1. The van der Waals surface area contributed by atoms with E-state index in [1.165, 1.54) is 5.39 Å². The van der Waals surface area contributed by atoms with Crippen molar-refractivity contribution in [2.45, 2.75) is 31.8 Å². The molecule has 1 aliphatic rings. The maximum Gasteiger partial charge on any atom is 0.326 e. The van der Waals surface area contributed by atoms with Crippen LogP contribution in [0, 0.1) is 0 Å². The molecule has 2 heterocycles. The van der Waals surface area contributed by atoms with Crippen LogP contribution in [0.25, 0.3) is 21.8 Å². The van der Waals surface area contributed by atoms with Gasteiger partial charge in [-0.1, -0.05) is 54.6 Å². The van der Waals surface area contributed by atoms with E-state index in [4.69, 9.17) is 0 Å². The lowest BCUT2D eigenvalue weighted by Gasteiger charge is -2.33. The van der Waals surface area contributed by atoms with Crippen LogP contribution in [0.3, 0.4) is 0 Å². The molecular formula is C25H26N4O2. The van der Waals surface area contributed by atoms with Crippen LogP contribution in [0.4, 0.5) is 4.79 Å². The largest absolute Gasteiger partial charge is 0.331 e. The number of carbonyl (C=O) groups is 1. The number of benzene rings is 3. The number of para-hydroxylation sites is 2. The summed E-state index contributed by atoms with van der Waals surface area (Å²) in [5.74, 6) is 0. The Balaban J connectivity index is 1.27. The lowest BCUT2D eigenvalue weighted by Crippen LogP contribution is -2.46. The summed E-state index contributed by atoms with van der Waals surface area (Å²) in [5, 5.41) is 5.50. The van der Waals surface area contributed by atoms with Gasteiger partial charge in [-0.05, 0) is 48.2 Å². The van der Waals surface area contributed by atoms with E-state index in [-0.39, 0.29) is 23.8 Å². The summed E-state index contributed by atoms with van der Waals surface area (Å²) in [6.45, 7) is 3.29. The van der Waals surface area contributed by atoms with Crippen molar-refractivity contribution in [2.75, 3.05) is 13.1 Å². The van der Waals surface area contributed by atoms with E-state index in [1.807, 2.05) is 58.9 Å². The van der Waals surface area contributed by atoms with Gasteiger partial charge in [-0.2, -0.15) is 0 Å². The quantitative estimate of drug-likeness (QED) is 0.515. The van der Waals surface area contributed by atoms with E-state index < -0.39 is 0 Å². The van der Waals surface area contributed by atoms with Gasteiger partial charge in [-0.15, -0.1) is 0 Å². The molecule has 0 spiro atoms. The molecule has 1 atom stereocenters. The number of piperidine rings is 1. The van der Waals surface area contributed by atoms with Gasteiger partial charge in [0.05, 0.1) is 17.1 Å². The first-order chi connectivity index (χ1) is 15.1. The van der Waals surface area contributed by atoms with Crippen LogP contribution in [0.5, 0.6) is 0 Å². The molecule has 0 bridgehead atoms. The van der Waals surface area contributed by atoms with E-state index in [9.17, 15) is 9.59 Å². The summed E-state index contributed by atoms with van der Waals surface area (Å²) in [6, 6.07) is 22.1. The highest BCUT2D eigenvalue weighted by Crippen LogP contribution is 2.27. The standard InChI is InChI=1S/C25H26N4O2/c1-17(20-10-6-8-18-7-2-3-9-21(18)20)26-24(30)28-15-13-19(14-16-28)29-23-12-5-4-11-22(23)27-25(29)31/h2-12,17,19H,13-16H2,1H3,(H,26,30)(H,27,31). The second-order valence-corrected chi connectivity index (χ2v) is 8.28. The number of nitrogens with one attached hydrogen (secondary N) is 2. The Bertz CT molecular complexity index is 1290. The first-order valence-electron chi connectivity index (χ1n) is 10.8. The van der Waals surface area contributed by atoms with Crippen molar-refractivity contribution >= 4 is 27.8 Å². The highest BCUT2D eigenvalue weighted by molar-refractivity contribution is 5.86. The zero-order valence-electron chi connectivity index (χ0n) is 17.5. The van der Waals surface area contributed by atoms with Crippen LogP contribution in [0.1, 0.15) is 37.4 Å². The molecule has 6 heteroatoms. The Morgan fingerprint density at radius 1 is 1.00 bits per heavy atom. The molecule has 1 aliphatic heterocycles. The molecule has 2 amide bonds. The Hall–Kier alpha value is -3.54. The topological polar surface area (TPSA) is 70.1 Å². The number of hydrogen-bond donors (Lipinski definition) is 2. The van der Waals surface area contributed by atoms with Gasteiger partial charge in [0.2, 0.25) is 0 Å². The monoisotopic (exact) mass is 414 g/mol. The molecule has 31 heavy (non-hydrogen) atoms. The van der Waals surface area contributed by atoms with Crippen LogP contribution >= 0.6 is 0 Å². The lowest BCUT2D eigenvalue weighted by molar-refractivity contribution is 0.169. The average Bonchev–Trinajstić information content (AvgIpc) is 3.14. The van der Waals surface area contributed by atoms with Gasteiger partial charge >= 0.3 is 11.7 Å². The third kappa shape index (κ3) is 3.58. The zero-order chi connectivity index (χ0) is 21.4. The fraction of sp³-hybridized carbons (Fsp3) is 0.280. The maximum atomic E-state index is 12.9. The Morgan fingerprint density at radius 3 is 2.55 bits per heavy atom. The van der Waals surface area contributed by atoms with Gasteiger partial charge in [-0.3, -0.25) is 4.57 Å². The fourth-order valence-electron chi connectivity index (χ4n) is 4.75. The van der Waals surface area contributed by atoms with Crippen LogP contribution in [0.15, 0.2) is 71.5 Å². The van der Waals surface area contributed by atoms with Crippen molar-refractivity contribution in [1.29, 1.82) is 0 Å². The van der Waals surface area contributed by atoms with Gasteiger partial charge in [0.1, 0.15) is 0 Å². The van der Waals surface area contributed by atoms with E-state index >= 15 is 0 Å².